The van der Waals surface area contributed by atoms with Gasteiger partial charge in [-0.1, -0.05) is 40.5 Å². The molecule has 1 fully saturated rings. The summed E-state index contributed by atoms with van der Waals surface area (Å²) in [5.41, 5.74) is 0.521. The van der Waals surface area contributed by atoms with Crippen molar-refractivity contribution in [2.75, 3.05) is 6.54 Å². The highest BCUT2D eigenvalue weighted by molar-refractivity contribution is 4.81. The summed E-state index contributed by atoms with van der Waals surface area (Å²) in [7, 11) is 0. The van der Waals surface area contributed by atoms with E-state index >= 15 is 0 Å². The molecule has 1 aliphatic rings. The molecule has 0 amide bonds. The summed E-state index contributed by atoms with van der Waals surface area (Å²) in [6, 6.07) is 0.713. The molecular formula is C17H35N. The van der Waals surface area contributed by atoms with Crippen molar-refractivity contribution in [2.45, 2.75) is 85.6 Å². The van der Waals surface area contributed by atoms with Crippen molar-refractivity contribution in [1.29, 1.82) is 0 Å². The smallest absolute Gasteiger partial charge is 0.00388 e. The molecule has 1 aliphatic carbocycles. The number of rotatable bonds is 6. The summed E-state index contributed by atoms with van der Waals surface area (Å²) in [6.07, 6.45) is 9.80. The van der Waals surface area contributed by atoms with E-state index in [1.54, 1.807) is 0 Å². The van der Waals surface area contributed by atoms with Crippen LogP contribution in [0.3, 0.4) is 0 Å². The van der Waals surface area contributed by atoms with Crippen molar-refractivity contribution in [3.63, 3.8) is 0 Å². The van der Waals surface area contributed by atoms with E-state index < -0.39 is 0 Å². The quantitative estimate of drug-likeness (QED) is 0.702. The van der Waals surface area contributed by atoms with E-state index in [0.29, 0.717) is 11.5 Å². The summed E-state index contributed by atoms with van der Waals surface area (Å²) in [6.45, 7) is 13.1. The minimum Gasteiger partial charge on any atom is -0.314 e. The molecule has 0 heterocycles. The van der Waals surface area contributed by atoms with Gasteiger partial charge in [-0.15, -0.1) is 0 Å². The van der Waals surface area contributed by atoms with Crippen molar-refractivity contribution >= 4 is 0 Å². The molecular weight excluding hydrogens is 218 g/mol. The third-order valence-corrected chi connectivity index (χ3v) is 4.82. The van der Waals surface area contributed by atoms with Crippen LogP contribution in [0.4, 0.5) is 0 Å². The van der Waals surface area contributed by atoms with E-state index in [9.17, 15) is 0 Å². The van der Waals surface area contributed by atoms with E-state index in [-0.39, 0.29) is 0 Å². The van der Waals surface area contributed by atoms with Gasteiger partial charge in [-0.25, -0.2) is 0 Å². The number of nitrogens with one attached hydrogen (secondary N) is 1. The van der Waals surface area contributed by atoms with Crippen LogP contribution in [0, 0.1) is 17.3 Å². The minimum atomic E-state index is 0.521. The molecule has 0 saturated heterocycles. The fourth-order valence-corrected chi connectivity index (χ4v) is 3.21. The molecule has 0 spiro atoms. The highest BCUT2D eigenvalue weighted by atomic mass is 14.9. The first-order valence-corrected chi connectivity index (χ1v) is 8.16. The molecule has 1 atom stereocenters. The Labute approximate surface area is 115 Å². The zero-order valence-corrected chi connectivity index (χ0v) is 13.4. The Morgan fingerprint density at radius 2 is 1.72 bits per heavy atom. The first kappa shape index (κ1) is 16.0. The van der Waals surface area contributed by atoms with Gasteiger partial charge >= 0.3 is 0 Å². The lowest BCUT2D eigenvalue weighted by molar-refractivity contribution is 0.147. The molecule has 1 rings (SSSR count). The largest absolute Gasteiger partial charge is 0.314 e. The highest BCUT2D eigenvalue weighted by Gasteiger charge is 2.29. The Balaban J connectivity index is 2.16. The number of hydrogen-bond donors (Lipinski definition) is 1. The van der Waals surface area contributed by atoms with Crippen LogP contribution < -0.4 is 5.32 Å². The average Bonchev–Trinajstić information content (AvgIpc) is 2.33. The van der Waals surface area contributed by atoms with Gasteiger partial charge in [0, 0.05) is 6.04 Å². The van der Waals surface area contributed by atoms with Crippen LogP contribution in [0.25, 0.3) is 0 Å². The predicted octanol–water partition coefficient (Wildman–Crippen LogP) is 5.01. The predicted molar refractivity (Wildman–Crippen MR) is 81.9 cm³/mol. The minimum absolute atomic E-state index is 0.521. The molecule has 1 N–H and O–H groups in total. The number of hydrogen-bond acceptors (Lipinski definition) is 1. The van der Waals surface area contributed by atoms with Crippen LogP contribution in [0.5, 0.6) is 0 Å². The molecule has 0 aromatic carbocycles. The molecule has 1 unspecified atom stereocenters. The van der Waals surface area contributed by atoms with Crippen LogP contribution in [-0.4, -0.2) is 12.6 Å². The lowest BCUT2D eigenvalue weighted by atomic mass is 9.70. The maximum Gasteiger partial charge on any atom is 0.00388 e. The normalized spacial score (nSPS) is 27.2. The molecule has 0 radical (unpaired) electrons. The Bertz CT molecular complexity index is 208. The molecule has 0 aromatic heterocycles. The van der Waals surface area contributed by atoms with Crippen molar-refractivity contribution < 1.29 is 0 Å². The molecule has 0 aromatic rings. The van der Waals surface area contributed by atoms with Gasteiger partial charge in [-0.3, -0.25) is 0 Å². The third-order valence-electron chi connectivity index (χ3n) is 4.82. The maximum absolute atomic E-state index is 3.74. The standard InChI is InChI=1S/C17H35N/c1-6-7-8-14(2)18-13-15-9-11-16(12-10-15)17(3,4)5/h14-16,18H,6-13H2,1-5H3. The average molecular weight is 253 g/mol. The van der Waals surface area contributed by atoms with E-state index in [0.717, 1.165) is 11.8 Å². The maximum atomic E-state index is 3.74. The summed E-state index contributed by atoms with van der Waals surface area (Å²) in [5.74, 6) is 1.89. The van der Waals surface area contributed by atoms with Gasteiger partial charge < -0.3 is 5.32 Å². The Kier molecular flexibility index (Phi) is 6.70. The van der Waals surface area contributed by atoms with Gasteiger partial charge in [-0.2, -0.15) is 0 Å². The van der Waals surface area contributed by atoms with Gasteiger partial charge in [-0.05, 0) is 62.8 Å². The third kappa shape index (κ3) is 5.73. The summed E-state index contributed by atoms with van der Waals surface area (Å²) < 4.78 is 0. The van der Waals surface area contributed by atoms with Gasteiger partial charge in [0.25, 0.3) is 0 Å². The van der Waals surface area contributed by atoms with E-state index in [2.05, 4.69) is 39.9 Å². The molecule has 0 bridgehead atoms. The molecule has 18 heavy (non-hydrogen) atoms. The van der Waals surface area contributed by atoms with Crippen molar-refractivity contribution in [3.8, 4) is 0 Å². The molecule has 108 valence electrons. The zero-order chi connectivity index (χ0) is 13.6. The first-order valence-electron chi connectivity index (χ1n) is 8.16. The Hall–Kier alpha value is -0.0400. The van der Waals surface area contributed by atoms with Crippen LogP contribution in [0.1, 0.15) is 79.6 Å². The topological polar surface area (TPSA) is 12.0 Å². The van der Waals surface area contributed by atoms with Gasteiger partial charge in [0.2, 0.25) is 0 Å². The second kappa shape index (κ2) is 7.53. The highest BCUT2D eigenvalue weighted by Crippen LogP contribution is 2.39. The van der Waals surface area contributed by atoms with Crippen LogP contribution >= 0.6 is 0 Å². The molecule has 1 heteroatoms. The van der Waals surface area contributed by atoms with Crippen molar-refractivity contribution in [3.05, 3.63) is 0 Å². The lowest BCUT2D eigenvalue weighted by Crippen LogP contribution is -2.34. The summed E-state index contributed by atoms with van der Waals surface area (Å²) in [5, 5.41) is 3.74. The van der Waals surface area contributed by atoms with Gasteiger partial charge in [0.05, 0.1) is 0 Å². The Morgan fingerprint density at radius 1 is 1.11 bits per heavy atom. The molecule has 0 aliphatic heterocycles. The summed E-state index contributed by atoms with van der Waals surface area (Å²) >= 11 is 0. The monoisotopic (exact) mass is 253 g/mol. The Morgan fingerprint density at radius 3 is 2.22 bits per heavy atom. The van der Waals surface area contributed by atoms with Crippen LogP contribution in [0.15, 0.2) is 0 Å². The first-order chi connectivity index (χ1) is 8.43. The van der Waals surface area contributed by atoms with Crippen LogP contribution in [-0.2, 0) is 0 Å². The van der Waals surface area contributed by atoms with E-state index in [4.69, 9.17) is 0 Å². The van der Waals surface area contributed by atoms with Crippen molar-refractivity contribution in [1.82, 2.24) is 5.32 Å². The molecule has 1 nitrogen and oxygen atoms in total. The van der Waals surface area contributed by atoms with Crippen LogP contribution in [0.2, 0.25) is 0 Å². The number of unbranched alkanes of at least 4 members (excludes halogenated alkanes) is 1. The fraction of sp³-hybridized carbons (Fsp3) is 1.00. The molecule has 1 saturated carbocycles. The zero-order valence-electron chi connectivity index (χ0n) is 13.4. The SMILES string of the molecule is CCCCC(C)NCC1CCC(C(C)(C)C)CC1. The van der Waals surface area contributed by atoms with E-state index in [1.807, 2.05) is 0 Å². The second-order valence-corrected chi connectivity index (χ2v) is 7.54. The fourth-order valence-electron chi connectivity index (χ4n) is 3.21. The van der Waals surface area contributed by atoms with Crippen molar-refractivity contribution in [2.24, 2.45) is 17.3 Å². The van der Waals surface area contributed by atoms with E-state index in [1.165, 1.54) is 51.5 Å². The van der Waals surface area contributed by atoms with Gasteiger partial charge in [0.15, 0.2) is 0 Å². The lowest BCUT2D eigenvalue weighted by Gasteiger charge is -2.37. The second-order valence-electron chi connectivity index (χ2n) is 7.54. The van der Waals surface area contributed by atoms with Gasteiger partial charge in [0.1, 0.15) is 0 Å². The summed E-state index contributed by atoms with van der Waals surface area (Å²) in [4.78, 5) is 0.